The molecule has 16 nitrogen and oxygen atoms in total. The number of aliphatic hydroxyl groups is 2. The van der Waals surface area contributed by atoms with E-state index in [1.165, 1.54) is 66.7 Å². The van der Waals surface area contributed by atoms with E-state index in [4.69, 9.17) is 23.4 Å². The fourth-order valence-electron chi connectivity index (χ4n) is 5.51. The molecule has 1 aliphatic rings. The van der Waals surface area contributed by atoms with Crippen molar-refractivity contribution in [3.63, 3.8) is 0 Å². The van der Waals surface area contributed by atoms with E-state index in [1.54, 1.807) is 0 Å². The fourth-order valence-corrected chi connectivity index (χ4v) is 5.51. The van der Waals surface area contributed by atoms with E-state index in [2.05, 4.69) is 0 Å². The number of carbonyl (C=O) groups is 2. The number of aromatic hydroxyl groups is 6. The van der Waals surface area contributed by atoms with Crippen molar-refractivity contribution in [2.45, 2.75) is 30.7 Å². The molecular formula is C39H32O16. The third-order valence-electron chi connectivity index (χ3n) is 8.28. The molecule has 2 heterocycles. The van der Waals surface area contributed by atoms with E-state index >= 15 is 0 Å². The molecule has 0 radical (unpaired) electrons. The van der Waals surface area contributed by atoms with Crippen LogP contribution in [0.15, 0.2) is 100 Å². The zero-order valence-corrected chi connectivity index (χ0v) is 28.3. The molecule has 1 saturated heterocycles. The number of phenols is 6. The molecule has 0 saturated carbocycles. The number of fused-ring (bicyclic) bond motifs is 1. The van der Waals surface area contributed by atoms with Crippen LogP contribution >= 0.6 is 0 Å². The standard InChI is InChI=1S/C39H32O16/c40-22-8-1-19(2-9-22)5-13-30(46)51-18-29-33(48)37(54-31(47)14-6-20-3-10-23(41)11-4-20)35(50)39(53-29)55-38-34(49)32-27(45)16-24(42)17-28(32)52-36(38)21-7-12-25(43)26(44)15-21/h1-17,29,33,35,37,39-45,48,50H,18H2/b13-5+,14-6+. The highest BCUT2D eigenvalue weighted by Crippen LogP contribution is 2.39. The van der Waals surface area contributed by atoms with Crippen LogP contribution in [0, 0.1) is 0 Å². The smallest absolute Gasteiger partial charge is 0.331 e. The molecule has 0 spiro atoms. The van der Waals surface area contributed by atoms with Gasteiger partial charge in [0.2, 0.25) is 17.5 Å². The minimum absolute atomic E-state index is 0.0130. The highest BCUT2D eigenvalue weighted by Gasteiger charge is 2.49. The van der Waals surface area contributed by atoms with Crippen LogP contribution in [-0.4, -0.2) is 90.1 Å². The number of rotatable bonds is 10. The largest absolute Gasteiger partial charge is 0.508 e. The Hall–Kier alpha value is -7.01. The Kier molecular flexibility index (Phi) is 10.9. The highest BCUT2D eigenvalue weighted by molar-refractivity contribution is 5.89. The van der Waals surface area contributed by atoms with Gasteiger partial charge in [-0.05, 0) is 65.7 Å². The molecule has 5 aromatic rings. The summed E-state index contributed by atoms with van der Waals surface area (Å²) in [4.78, 5) is 39.5. The van der Waals surface area contributed by atoms with Gasteiger partial charge < -0.3 is 64.2 Å². The fraction of sp³-hybridized carbons (Fsp3) is 0.154. The second-order valence-corrected chi connectivity index (χ2v) is 12.2. The Morgan fingerprint density at radius 2 is 1.31 bits per heavy atom. The van der Waals surface area contributed by atoms with Crippen molar-refractivity contribution in [2.24, 2.45) is 0 Å². The minimum atomic E-state index is -2.05. The molecule has 0 amide bonds. The first kappa shape index (κ1) is 37.7. The Morgan fingerprint density at radius 3 is 1.93 bits per heavy atom. The number of hydrogen-bond acceptors (Lipinski definition) is 16. The van der Waals surface area contributed by atoms with Gasteiger partial charge in [0.25, 0.3) is 0 Å². The molecule has 16 heteroatoms. The number of hydrogen-bond donors (Lipinski definition) is 8. The molecule has 0 bridgehead atoms. The second-order valence-electron chi connectivity index (χ2n) is 12.2. The maximum Gasteiger partial charge on any atom is 0.331 e. The minimum Gasteiger partial charge on any atom is -0.508 e. The summed E-state index contributed by atoms with van der Waals surface area (Å²) < 4.78 is 28.2. The molecular weight excluding hydrogens is 724 g/mol. The molecule has 1 aliphatic heterocycles. The van der Waals surface area contributed by atoms with Crippen molar-refractivity contribution in [1.29, 1.82) is 0 Å². The maximum atomic E-state index is 13.9. The van der Waals surface area contributed by atoms with Crippen molar-refractivity contribution in [3.8, 4) is 51.6 Å². The zero-order valence-electron chi connectivity index (χ0n) is 28.3. The molecule has 0 aliphatic carbocycles. The van der Waals surface area contributed by atoms with E-state index < -0.39 is 94.6 Å². The topological polar surface area (TPSA) is 263 Å². The van der Waals surface area contributed by atoms with Crippen LogP contribution in [0.4, 0.5) is 0 Å². The average molecular weight is 757 g/mol. The lowest BCUT2D eigenvalue weighted by molar-refractivity contribution is -0.281. The highest BCUT2D eigenvalue weighted by atomic mass is 16.7. The Labute approximate surface area is 309 Å². The van der Waals surface area contributed by atoms with Crippen molar-refractivity contribution in [3.05, 3.63) is 112 Å². The van der Waals surface area contributed by atoms with E-state index in [9.17, 15) is 55.2 Å². The van der Waals surface area contributed by atoms with E-state index in [-0.39, 0.29) is 22.6 Å². The molecule has 284 valence electrons. The quantitative estimate of drug-likeness (QED) is 0.0577. The van der Waals surface area contributed by atoms with Gasteiger partial charge in [0.15, 0.2) is 29.5 Å². The Morgan fingerprint density at radius 1 is 0.691 bits per heavy atom. The first-order valence-corrected chi connectivity index (χ1v) is 16.3. The summed E-state index contributed by atoms with van der Waals surface area (Å²) in [6.07, 6.45) is -4.55. The van der Waals surface area contributed by atoms with Gasteiger partial charge in [0.1, 0.15) is 52.8 Å². The van der Waals surface area contributed by atoms with Crippen molar-refractivity contribution in [2.75, 3.05) is 6.61 Å². The maximum absolute atomic E-state index is 13.9. The molecule has 8 N–H and O–H groups in total. The van der Waals surface area contributed by atoms with E-state index in [1.807, 2.05) is 0 Å². The Balaban J connectivity index is 1.33. The van der Waals surface area contributed by atoms with Crippen LogP contribution in [0.5, 0.6) is 40.2 Å². The number of ether oxygens (including phenoxy) is 4. The molecule has 5 unspecified atom stereocenters. The van der Waals surface area contributed by atoms with Crippen LogP contribution in [0.1, 0.15) is 11.1 Å². The van der Waals surface area contributed by atoms with E-state index in [0.717, 1.165) is 36.4 Å². The first-order valence-electron chi connectivity index (χ1n) is 16.3. The van der Waals surface area contributed by atoms with Gasteiger partial charge in [-0.25, -0.2) is 9.59 Å². The lowest BCUT2D eigenvalue weighted by Gasteiger charge is -2.41. The van der Waals surface area contributed by atoms with Gasteiger partial charge in [0, 0.05) is 29.8 Å². The SMILES string of the molecule is O=C(/C=C/c1ccc(O)cc1)OCC1OC(Oc2c(-c3ccc(O)c(O)c3)oc3cc(O)cc(O)c3c2=O)C(O)C(OC(=O)/C=C/c2ccc(O)cc2)C1O. The number of phenolic OH excluding ortho intramolecular Hbond substituents is 6. The lowest BCUT2D eigenvalue weighted by atomic mass is 9.98. The number of carbonyl (C=O) groups excluding carboxylic acids is 2. The number of benzene rings is 4. The zero-order chi connectivity index (χ0) is 39.4. The predicted octanol–water partition coefficient (Wildman–Crippen LogP) is 3.40. The van der Waals surface area contributed by atoms with Crippen LogP contribution in [0.2, 0.25) is 0 Å². The monoisotopic (exact) mass is 756 g/mol. The van der Waals surface area contributed by atoms with Crippen LogP contribution < -0.4 is 10.2 Å². The third kappa shape index (κ3) is 8.63. The summed E-state index contributed by atoms with van der Waals surface area (Å²) in [7, 11) is 0. The van der Waals surface area contributed by atoms with Crippen LogP contribution in [-0.2, 0) is 23.8 Å². The molecule has 5 atom stereocenters. The second kappa shape index (κ2) is 15.9. The number of esters is 2. The van der Waals surface area contributed by atoms with Gasteiger partial charge in [-0.2, -0.15) is 0 Å². The van der Waals surface area contributed by atoms with Gasteiger partial charge >= 0.3 is 11.9 Å². The number of aliphatic hydroxyl groups excluding tert-OH is 2. The molecule has 55 heavy (non-hydrogen) atoms. The van der Waals surface area contributed by atoms with Crippen molar-refractivity contribution < 1.29 is 73.8 Å². The molecule has 6 rings (SSSR count). The normalized spacial score (nSPS) is 19.8. The van der Waals surface area contributed by atoms with E-state index in [0.29, 0.717) is 11.1 Å². The summed E-state index contributed by atoms with van der Waals surface area (Å²) in [5, 5.41) is 81.9. The molecule has 1 fully saturated rings. The summed E-state index contributed by atoms with van der Waals surface area (Å²) in [5.41, 5.74) is -0.417. The third-order valence-corrected chi connectivity index (χ3v) is 8.28. The summed E-state index contributed by atoms with van der Waals surface area (Å²) in [6, 6.07) is 16.8. The Bertz CT molecular complexity index is 2330. The predicted molar refractivity (Wildman–Crippen MR) is 191 cm³/mol. The molecule has 1 aromatic heterocycles. The van der Waals surface area contributed by atoms with Gasteiger partial charge in [-0.1, -0.05) is 24.3 Å². The lowest BCUT2D eigenvalue weighted by Crippen LogP contribution is -2.61. The summed E-state index contributed by atoms with van der Waals surface area (Å²) in [5.74, 6) is -5.47. The van der Waals surface area contributed by atoms with Crippen molar-refractivity contribution >= 4 is 35.1 Å². The van der Waals surface area contributed by atoms with Crippen LogP contribution in [0.3, 0.4) is 0 Å². The average Bonchev–Trinajstić information content (AvgIpc) is 3.15. The van der Waals surface area contributed by atoms with Crippen LogP contribution in [0.25, 0.3) is 34.4 Å². The van der Waals surface area contributed by atoms with Gasteiger partial charge in [-0.15, -0.1) is 0 Å². The summed E-state index contributed by atoms with van der Waals surface area (Å²) >= 11 is 0. The van der Waals surface area contributed by atoms with Gasteiger partial charge in [0.05, 0.1) is 0 Å². The van der Waals surface area contributed by atoms with Gasteiger partial charge in [-0.3, -0.25) is 4.79 Å². The van der Waals surface area contributed by atoms with Crippen molar-refractivity contribution in [1.82, 2.24) is 0 Å². The first-order chi connectivity index (χ1) is 26.3. The summed E-state index contributed by atoms with van der Waals surface area (Å²) in [6.45, 7) is -0.699. The molecule has 4 aromatic carbocycles.